The SMILES string of the molecule is COc1ccc(Cc2nc(C)cc(N)n2)cc1. The Morgan fingerprint density at radius 2 is 1.88 bits per heavy atom. The minimum atomic E-state index is 0.515. The molecule has 0 amide bonds. The van der Waals surface area contributed by atoms with Crippen molar-refractivity contribution in [3.8, 4) is 5.75 Å². The Labute approximate surface area is 100 Å². The van der Waals surface area contributed by atoms with Crippen LogP contribution in [0.2, 0.25) is 0 Å². The van der Waals surface area contributed by atoms with Crippen molar-refractivity contribution in [3.05, 3.63) is 47.4 Å². The second kappa shape index (κ2) is 4.82. The number of anilines is 1. The summed E-state index contributed by atoms with van der Waals surface area (Å²) in [5.41, 5.74) is 7.71. The Morgan fingerprint density at radius 3 is 2.47 bits per heavy atom. The molecule has 4 heteroatoms. The lowest BCUT2D eigenvalue weighted by Crippen LogP contribution is -2.02. The number of nitrogens with zero attached hydrogens (tertiary/aromatic N) is 2. The van der Waals surface area contributed by atoms with Crippen LogP contribution in [0.1, 0.15) is 17.1 Å². The highest BCUT2D eigenvalue weighted by atomic mass is 16.5. The van der Waals surface area contributed by atoms with Crippen molar-refractivity contribution in [1.82, 2.24) is 9.97 Å². The number of aromatic nitrogens is 2. The van der Waals surface area contributed by atoms with Gasteiger partial charge in [0.1, 0.15) is 17.4 Å². The number of rotatable bonds is 3. The third-order valence-electron chi connectivity index (χ3n) is 2.44. The molecule has 0 aliphatic rings. The predicted octanol–water partition coefficient (Wildman–Crippen LogP) is 1.97. The molecular formula is C13H15N3O. The van der Waals surface area contributed by atoms with E-state index in [1.165, 1.54) is 0 Å². The number of hydrogen-bond acceptors (Lipinski definition) is 4. The first-order chi connectivity index (χ1) is 8.17. The highest BCUT2D eigenvalue weighted by Gasteiger charge is 2.02. The maximum Gasteiger partial charge on any atom is 0.135 e. The number of aryl methyl sites for hydroxylation is 1. The van der Waals surface area contributed by atoms with Crippen molar-refractivity contribution in [1.29, 1.82) is 0 Å². The molecule has 0 saturated heterocycles. The average molecular weight is 229 g/mol. The van der Waals surface area contributed by atoms with Gasteiger partial charge in [-0.05, 0) is 24.6 Å². The Balaban J connectivity index is 2.19. The third-order valence-corrected chi connectivity index (χ3v) is 2.44. The second-order valence-corrected chi connectivity index (χ2v) is 3.88. The number of methoxy groups -OCH3 is 1. The van der Waals surface area contributed by atoms with Crippen LogP contribution in [0.15, 0.2) is 30.3 Å². The van der Waals surface area contributed by atoms with E-state index in [0.29, 0.717) is 12.2 Å². The summed E-state index contributed by atoms with van der Waals surface area (Å²) >= 11 is 0. The normalized spacial score (nSPS) is 10.2. The topological polar surface area (TPSA) is 61.0 Å². The Morgan fingerprint density at radius 1 is 1.18 bits per heavy atom. The Kier molecular flexibility index (Phi) is 3.23. The summed E-state index contributed by atoms with van der Waals surface area (Å²) in [6.07, 6.45) is 0.676. The smallest absolute Gasteiger partial charge is 0.135 e. The van der Waals surface area contributed by atoms with E-state index < -0.39 is 0 Å². The lowest BCUT2D eigenvalue weighted by molar-refractivity contribution is 0.414. The quantitative estimate of drug-likeness (QED) is 0.874. The van der Waals surface area contributed by atoms with Gasteiger partial charge < -0.3 is 10.5 Å². The van der Waals surface area contributed by atoms with Crippen molar-refractivity contribution in [2.24, 2.45) is 0 Å². The summed E-state index contributed by atoms with van der Waals surface area (Å²) in [5, 5.41) is 0. The zero-order valence-electron chi connectivity index (χ0n) is 9.97. The molecule has 0 spiro atoms. The first-order valence-electron chi connectivity index (χ1n) is 5.40. The molecule has 0 bridgehead atoms. The van der Waals surface area contributed by atoms with Gasteiger partial charge in [0.15, 0.2) is 0 Å². The molecule has 1 aromatic heterocycles. The maximum atomic E-state index is 5.69. The van der Waals surface area contributed by atoms with E-state index in [-0.39, 0.29) is 0 Å². The minimum Gasteiger partial charge on any atom is -0.497 e. The van der Waals surface area contributed by atoms with E-state index >= 15 is 0 Å². The average Bonchev–Trinajstić information content (AvgIpc) is 2.28. The summed E-state index contributed by atoms with van der Waals surface area (Å²) in [6, 6.07) is 9.61. The molecule has 1 heterocycles. The Hall–Kier alpha value is -2.10. The standard InChI is InChI=1S/C13H15N3O/c1-9-7-12(14)16-13(15-9)8-10-3-5-11(17-2)6-4-10/h3-7H,8H2,1-2H3,(H2,14,15,16). The van der Waals surface area contributed by atoms with Crippen LogP contribution in [0, 0.1) is 6.92 Å². The van der Waals surface area contributed by atoms with Crippen molar-refractivity contribution >= 4 is 5.82 Å². The molecule has 0 atom stereocenters. The number of hydrogen-bond donors (Lipinski definition) is 1. The van der Waals surface area contributed by atoms with Crippen molar-refractivity contribution < 1.29 is 4.74 Å². The monoisotopic (exact) mass is 229 g/mol. The lowest BCUT2D eigenvalue weighted by Gasteiger charge is -2.04. The van der Waals surface area contributed by atoms with Crippen molar-refractivity contribution in [2.45, 2.75) is 13.3 Å². The van der Waals surface area contributed by atoms with Gasteiger partial charge in [-0.1, -0.05) is 12.1 Å². The first-order valence-corrected chi connectivity index (χ1v) is 5.40. The second-order valence-electron chi connectivity index (χ2n) is 3.88. The zero-order valence-corrected chi connectivity index (χ0v) is 9.97. The number of ether oxygens (including phenoxy) is 1. The molecule has 2 aromatic rings. The molecule has 0 aliphatic heterocycles. The summed E-state index contributed by atoms with van der Waals surface area (Å²) in [6.45, 7) is 1.91. The molecule has 2 rings (SSSR count). The van der Waals surface area contributed by atoms with E-state index in [4.69, 9.17) is 10.5 Å². The van der Waals surface area contributed by atoms with Gasteiger partial charge in [-0.3, -0.25) is 0 Å². The molecule has 0 aliphatic carbocycles. The zero-order chi connectivity index (χ0) is 12.3. The fourth-order valence-electron chi connectivity index (χ4n) is 1.66. The minimum absolute atomic E-state index is 0.515. The van der Waals surface area contributed by atoms with E-state index in [1.807, 2.05) is 31.2 Å². The van der Waals surface area contributed by atoms with Crippen LogP contribution in [-0.4, -0.2) is 17.1 Å². The molecule has 1 aromatic carbocycles. The predicted molar refractivity (Wildman–Crippen MR) is 67.0 cm³/mol. The van der Waals surface area contributed by atoms with Crippen LogP contribution in [0.3, 0.4) is 0 Å². The summed E-state index contributed by atoms with van der Waals surface area (Å²) in [7, 11) is 1.65. The molecule has 4 nitrogen and oxygen atoms in total. The largest absolute Gasteiger partial charge is 0.497 e. The molecular weight excluding hydrogens is 214 g/mol. The molecule has 17 heavy (non-hydrogen) atoms. The number of nitrogen functional groups attached to an aromatic ring is 1. The van der Waals surface area contributed by atoms with E-state index in [0.717, 1.165) is 22.8 Å². The van der Waals surface area contributed by atoms with Crippen LogP contribution in [-0.2, 0) is 6.42 Å². The molecule has 88 valence electrons. The van der Waals surface area contributed by atoms with Gasteiger partial charge in [0.25, 0.3) is 0 Å². The van der Waals surface area contributed by atoms with Crippen molar-refractivity contribution in [2.75, 3.05) is 12.8 Å². The van der Waals surface area contributed by atoms with Gasteiger partial charge >= 0.3 is 0 Å². The summed E-state index contributed by atoms with van der Waals surface area (Å²) < 4.78 is 5.11. The van der Waals surface area contributed by atoms with Gasteiger partial charge in [-0.15, -0.1) is 0 Å². The van der Waals surface area contributed by atoms with Crippen molar-refractivity contribution in [3.63, 3.8) is 0 Å². The van der Waals surface area contributed by atoms with Gasteiger partial charge in [0, 0.05) is 18.2 Å². The van der Waals surface area contributed by atoms with E-state index in [1.54, 1.807) is 13.2 Å². The number of benzene rings is 1. The molecule has 0 unspecified atom stereocenters. The number of nitrogens with two attached hydrogens (primary N) is 1. The first kappa shape index (κ1) is 11.4. The lowest BCUT2D eigenvalue weighted by atomic mass is 10.1. The van der Waals surface area contributed by atoms with Crippen LogP contribution in [0.5, 0.6) is 5.75 Å². The van der Waals surface area contributed by atoms with Crippen LogP contribution < -0.4 is 10.5 Å². The molecule has 2 N–H and O–H groups in total. The molecule has 0 fully saturated rings. The summed E-state index contributed by atoms with van der Waals surface area (Å²) in [4.78, 5) is 8.56. The van der Waals surface area contributed by atoms with E-state index in [2.05, 4.69) is 9.97 Å². The van der Waals surface area contributed by atoms with Crippen LogP contribution in [0.25, 0.3) is 0 Å². The van der Waals surface area contributed by atoms with Gasteiger partial charge in [0.05, 0.1) is 7.11 Å². The van der Waals surface area contributed by atoms with Gasteiger partial charge in [0.2, 0.25) is 0 Å². The fraction of sp³-hybridized carbons (Fsp3) is 0.231. The Bertz CT molecular complexity index is 488. The fourth-order valence-corrected chi connectivity index (χ4v) is 1.66. The highest BCUT2D eigenvalue weighted by Crippen LogP contribution is 2.14. The van der Waals surface area contributed by atoms with E-state index in [9.17, 15) is 0 Å². The van der Waals surface area contributed by atoms with Crippen LogP contribution >= 0.6 is 0 Å². The summed E-state index contributed by atoms with van der Waals surface area (Å²) in [5.74, 6) is 2.10. The molecule has 0 saturated carbocycles. The van der Waals surface area contributed by atoms with Gasteiger partial charge in [-0.2, -0.15) is 0 Å². The maximum absolute atomic E-state index is 5.69. The highest BCUT2D eigenvalue weighted by molar-refractivity contribution is 5.32. The van der Waals surface area contributed by atoms with Crippen LogP contribution in [0.4, 0.5) is 5.82 Å². The third kappa shape index (κ3) is 2.93. The van der Waals surface area contributed by atoms with Gasteiger partial charge in [-0.25, -0.2) is 9.97 Å². The molecule has 0 radical (unpaired) electrons.